The number of hydrazine groups is 1. The molecule has 6 nitrogen and oxygen atoms in total. The number of anilines is 1. The lowest BCUT2D eigenvalue weighted by Gasteiger charge is -2.15. The zero-order chi connectivity index (χ0) is 10.8. The van der Waals surface area contributed by atoms with Crippen molar-refractivity contribution in [1.29, 1.82) is 0 Å². The van der Waals surface area contributed by atoms with Crippen molar-refractivity contribution in [3.63, 3.8) is 0 Å². The van der Waals surface area contributed by atoms with Crippen molar-refractivity contribution in [3.8, 4) is 5.75 Å². The topological polar surface area (TPSA) is 103 Å². The van der Waals surface area contributed by atoms with Gasteiger partial charge in [-0.25, -0.2) is 5.84 Å². The maximum absolute atomic E-state index is 5.79. The summed E-state index contributed by atoms with van der Waals surface area (Å²) in [5, 5.41) is 5.10. The highest BCUT2D eigenvalue weighted by atomic mass is 16.5. The number of rotatable bonds is 0. The van der Waals surface area contributed by atoms with Gasteiger partial charge in [0.25, 0.3) is 0 Å². The van der Waals surface area contributed by atoms with E-state index in [9.17, 15) is 0 Å². The molecule has 0 unspecified atom stereocenters. The van der Waals surface area contributed by atoms with Gasteiger partial charge in [-0.15, -0.1) is 0 Å². The molecule has 0 saturated heterocycles. The Morgan fingerprint density at radius 2 is 2.20 bits per heavy atom. The minimum Gasteiger partial charge on any atom is -0.489 e. The predicted molar refractivity (Wildman–Crippen MR) is 58.0 cm³/mol. The van der Waals surface area contributed by atoms with E-state index >= 15 is 0 Å². The smallest absolute Gasteiger partial charge is 0.173 e. The number of ether oxygens (including phenoxy) is 1. The highest BCUT2D eigenvalue weighted by Crippen LogP contribution is 2.28. The molecule has 0 aliphatic carbocycles. The lowest BCUT2D eigenvalue weighted by Crippen LogP contribution is -2.39. The fourth-order valence-electron chi connectivity index (χ4n) is 1.54. The van der Waals surface area contributed by atoms with E-state index in [-0.39, 0.29) is 0 Å². The molecule has 0 radical (unpaired) electrons. The summed E-state index contributed by atoms with van der Waals surface area (Å²) in [7, 11) is 0. The van der Waals surface area contributed by atoms with Crippen LogP contribution in [0.25, 0.3) is 0 Å². The van der Waals surface area contributed by atoms with Gasteiger partial charge in [0, 0.05) is 0 Å². The minimum atomic E-state index is 0.455. The van der Waals surface area contributed by atoms with E-state index in [0.29, 0.717) is 30.4 Å². The zero-order valence-electron chi connectivity index (χ0n) is 8.18. The summed E-state index contributed by atoms with van der Waals surface area (Å²) in [4.78, 5) is 0. The molecule has 0 atom stereocenters. The molecule has 0 aromatic heterocycles. The zero-order valence-corrected chi connectivity index (χ0v) is 8.18. The molecular formula is C9H13N5O. The number of hydrogen-bond donors (Lipinski definition) is 3. The maximum Gasteiger partial charge on any atom is 0.173 e. The van der Waals surface area contributed by atoms with E-state index in [1.165, 1.54) is 5.01 Å². The van der Waals surface area contributed by atoms with Crippen LogP contribution in [0.3, 0.4) is 0 Å². The first kappa shape index (κ1) is 9.60. The van der Waals surface area contributed by atoms with Crippen LogP contribution in [0.15, 0.2) is 23.3 Å². The summed E-state index contributed by atoms with van der Waals surface area (Å²) < 4.78 is 5.50. The predicted octanol–water partition coefficient (Wildman–Crippen LogP) is -0.543. The van der Waals surface area contributed by atoms with Crippen molar-refractivity contribution < 1.29 is 4.74 Å². The van der Waals surface area contributed by atoms with E-state index in [1.54, 1.807) is 6.07 Å². The standard InChI is InChI=1S/C9H13N5O/c10-7-3-1-2-6-8(7)15-5-4-14(12)9(6)13-11/h1-3H,4-5,10-12H2/b13-9-. The second-order valence-corrected chi connectivity index (χ2v) is 3.22. The van der Waals surface area contributed by atoms with E-state index in [4.69, 9.17) is 22.2 Å². The lowest BCUT2D eigenvalue weighted by molar-refractivity contribution is 0.283. The Morgan fingerprint density at radius 3 is 2.93 bits per heavy atom. The average molecular weight is 207 g/mol. The number of nitrogens with zero attached hydrogens (tertiary/aromatic N) is 2. The van der Waals surface area contributed by atoms with Gasteiger partial charge < -0.3 is 16.3 Å². The number of benzene rings is 1. The number of hydrogen-bond acceptors (Lipinski definition) is 5. The van der Waals surface area contributed by atoms with Crippen molar-refractivity contribution in [2.45, 2.75) is 0 Å². The molecule has 1 heterocycles. The van der Waals surface area contributed by atoms with Crippen LogP contribution >= 0.6 is 0 Å². The quantitative estimate of drug-likeness (QED) is 0.301. The molecule has 0 amide bonds. The third kappa shape index (κ3) is 1.55. The Hall–Kier alpha value is -1.95. The van der Waals surface area contributed by atoms with Crippen LogP contribution in [0.1, 0.15) is 5.56 Å². The largest absolute Gasteiger partial charge is 0.489 e. The monoisotopic (exact) mass is 207 g/mol. The molecule has 1 aromatic carbocycles. The SMILES string of the molecule is N/N=C1/c2cccc(N)c2OCCN1N. The van der Waals surface area contributed by atoms with E-state index in [0.717, 1.165) is 5.56 Å². The fourth-order valence-corrected chi connectivity index (χ4v) is 1.54. The van der Waals surface area contributed by atoms with Crippen LogP contribution in [-0.2, 0) is 0 Å². The van der Waals surface area contributed by atoms with Crippen molar-refractivity contribution in [1.82, 2.24) is 5.01 Å². The molecule has 0 bridgehead atoms. The Morgan fingerprint density at radius 1 is 1.40 bits per heavy atom. The van der Waals surface area contributed by atoms with Gasteiger partial charge >= 0.3 is 0 Å². The molecular weight excluding hydrogens is 194 g/mol. The van der Waals surface area contributed by atoms with Gasteiger partial charge in [-0.2, -0.15) is 5.10 Å². The minimum absolute atomic E-state index is 0.455. The van der Waals surface area contributed by atoms with Crippen molar-refractivity contribution in [2.24, 2.45) is 16.8 Å². The first-order valence-electron chi connectivity index (χ1n) is 4.56. The van der Waals surface area contributed by atoms with Gasteiger partial charge in [0.1, 0.15) is 6.61 Å². The maximum atomic E-state index is 5.79. The molecule has 1 aliphatic rings. The highest BCUT2D eigenvalue weighted by Gasteiger charge is 2.20. The normalized spacial score (nSPS) is 18.2. The first-order valence-corrected chi connectivity index (χ1v) is 4.56. The van der Waals surface area contributed by atoms with Crippen LogP contribution in [0, 0.1) is 0 Å². The van der Waals surface area contributed by atoms with Crippen LogP contribution in [0.5, 0.6) is 5.75 Å². The Bertz CT molecular complexity index is 403. The number of para-hydroxylation sites is 1. The van der Waals surface area contributed by atoms with E-state index in [2.05, 4.69) is 5.10 Å². The molecule has 2 rings (SSSR count). The van der Waals surface area contributed by atoms with Gasteiger partial charge in [0.15, 0.2) is 11.6 Å². The summed E-state index contributed by atoms with van der Waals surface area (Å²) >= 11 is 0. The van der Waals surface area contributed by atoms with Crippen molar-refractivity contribution in [3.05, 3.63) is 23.8 Å². The molecule has 15 heavy (non-hydrogen) atoms. The number of nitrogens with two attached hydrogens (primary N) is 3. The Kier molecular flexibility index (Phi) is 2.34. The third-order valence-electron chi connectivity index (χ3n) is 2.26. The van der Waals surface area contributed by atoms with Gasteiger partial charge in [-0.3, -0.25) is 5.01 Å². The summed E-state index contributed by atoms with van der Waals surface area (Å²) in [6.07, 6.45) is 0. The average Bonchev–Trinajstić information content (AvgIpc) is 2.38. The van der Waals surface area contributed by atoms with Crippen LogP contribution in [0.2, 0.25) is 0 Å². The Balaban J connectivity index is 2.58. The molecule has 1 aromatic rings. The fraction of sp³-hybridized carbons (Fsp3) is 0.222. The third-order valence-corrected chi connectivity index (χ3v) is 2.26. The van der Waals surface area contributed by atoms with Crippen molar-refractivity contribution in [2.75, 3.05) is 18.9 Å². The molecule has 6 heteroatoms. The lowest BCUT2D eigenvalue weighted by atomic mass is 10.1. The number of amidine groups is 1. The number of nitrogen functional groups attached to an aromatic ring is 1. The summed E-state index contributed by atoms with van der Waals surface area (Å²) in [6.45, 7) is 0.973. The van der Waals surface area contributed by atoms with Crippen molar-refractivity contribution >= 4 is 11.5 Å². The first-order chi connectivity index (χ1) is 7.24. The molecule has 6 N–H and O–H groups in total. The van der Waals surface area contributed by atoms with Gasteiger partial charge in [-0.1, -0.05) is 6.07 Å². The second-order valence-electron chi connectivity index (χ2n) is 3.22. The molecule has 80 valence electrons. The summed E-state index contributed by atoms with van der Waals surface area (Å²) in [5.74, 6) is 12.1. The van der Waals surface area contributed by atoms with Crippen LogP contribution in [0.4, 0.5) is 5.69 Å². The molecule has 1 aliphatic heterocycles. The Labute approximate surface area is 87.2 Å². The number of hydrazone groups is 1. The van der Waals surface area contributed by atoms with Gasteiger partial charge in [0.2, 0.25) is 0 Å². The van der Waals surface area contributed by atoms with Crippen LogP contribution in [-0.4, -0.2) is 24.0 Å². The second kappa shape index (κ2) is 3.66. The van der Waals surface area contributed by atoms with Gasteiger partial charge in [-0.05, 0) is 12.1 Å². The summed E-state index contributed by atoms with van der Waals surface area (Å²) in [6, 6.07) is 5.39. The van der Waals surface area contributed by atoms with E-state index < -0.39 is 0 Å². The molecule has 0 fully saturated rings. The van der Waals surface area contributed by atoms with Gasteiger partial charge in [0.05, 0.1) is 17.8 Å². The summed E-state index contributed by atoms with van der Waals surface area (Å²) in [5.41, 5.74) is 7.07. The molecule has 0 spiro atoms. The van der Waals surface area contributed by atoms with E-state index in [1.807, 2.05) is 12.1 Å². The molecule has 0 saturated carbocycles. The highest BCUT2D eigenvalue weighted by molar-refractivity contribution is 6.02. The van der Waals surface area contributed by atoms with Crippen LogP contribution < -0.4 is 22.2 Å². The number of fused-ring (bicyclic) bond motifs is 1.